The molecule has 6 heteroatoms. The first-order valence-corrected chi connectivity index (χ1v) is 5.81. The number of carbonyl (C=O) groups is 2. The Morgan fingerprint density at radius 3 is 2.82 bits per heavy atom. The van der Waals surface area contributed by atoms with Crippen molar-refractivity contribution in [3.8, 4) is 0 Å². The van der Waals surface area contributed by atoms with Crippen molar-refractivity contribution in [2.75, 3.05) is 13.6 Å². The summed E-state index contributed by atoms with van der Waals surface area (Å²) in [5, 5.41) is 6.34. The van der Waals surface area contributed by atoms with Gasteiger partial charge in [0, 0.05) is 19.6 Å². The summed E-state index contributed by atoms with van der Waals surface area (Å²) in [6.45, 7) is 4.39. The topological polar surface area (TPSA) is 71.0 Å². The third-order valence-corrected chi connectivity index (χ3v) is 2.68. The Balaban J connectivity index is 2.56. The fourth-order valence-corrected chi connectivity index (χ4v) is 1.29. The molecule has 1 rings (SSSR count). The summed E-state index contributed by atoms with van der Waals surface area (Å²) in [5.41, 5.74) is 0.285. The predicted molar refractivity (Wildman–Crippen MR) is 63.7 cm³/mol. The fraction of sp³-hybridized carbons (Fsp3) is 0.727. The lowest BCUT2D eigenvalue weighted by atomic mass is 10.2. The van der Waals surface area contributed by atoms with Crippen molar-refractivity contribution < 1.29 is 14.4 Å². The number of nitrogens with zero attached hydrogens (tertiary/aromatic N) is 2. The summed E-state index contributed by atoms with van der Waals surface area (Å²) >= 11 is 0. The van der Waals surface area contributed by atoms with E-state index in [1.54, 1.807) is 7.05 Å². The smallest absolute Gasteiger partial charge is 0.351 e. The normalized spacial score (nSPS) is 18.8. The van der Waals surface area contributed by atoms with E-state index in [9.17, 15) is 9.59 Å². The third kappa shape index (κ3) is 4.05. The van der Waals surface area contributed by atoms with E-state index in [1.807, 2.05) is 13.8 Å². The summed E-state index contributed by atoms with van der Waals surface area (Å²) < 4.78 is 0. The molecule has 1 saturated heterocycles. The van der Waals surface area contributed by atoms with Gasteiger partial charge in [0.25, 0.3) is 5.91 Å². The highest BCUT2D eigenvalue weighted by Gasteiger charge is 2.18. The van der Waals surface area contributed by atoms with Gasteiger partial charge in [0.15, 0.2) is 0 Å². The van der Waals surface area contributed by atoms with Crippen LogP contribution >= 0.6 is 0 Å². The minimum Gasteiger partial charge on any atom is -0.351 e. The van der Waals surface area contributed by atoms with Crippen LogP contribution in [0.15, 0.2) is 5.16 Å². The van der Waals surface area contributed by atoms with Crippen LogP contribution in [0.4, 0.5) is 4.79 Å². The van der Waals surface area contributed by atoms with Crippen molar-refractivity contribution in [1.29, 1.82) is 0 Å². The van der Waals surface area contributed by atoms with E-state index in [2.05, 4.69) is 10.5 Å². The minimum atomic E-state index is -0.551. The minimum absolute atomic E-state index is 0.0330. The average molecular weight is 241 g/mol. The lowest BCUT2D eigenvalue weighted by molar-refractivity contribution is -0.114. The van der Waals surface area contributed by atoms with Crippen molar-refractivity contribution in [3.05, 3.63) is 0 Å². The zero-order valence-corrected chi connectivity index (χ0v) is 10.5. The summed E-state index contributed by atoms with van der Waals surface area (Å²) in [7, 11) is 1.63. The number of hydrogen-bond acceptors (Lipinski definition) is 4. The number of rotatable bonds is 2. The molecule has 6 nitrogen and oxygen atoms in total. The molecule has 1 N–H and O–H groups in total. The molecule has 0 bridgehead atoms. The standard InChI is InChI=1S/C11H19N3O3/c1-8(2)14(3)11(16)17-13-9-6-4-5-7-12-10(9)15/h8H,4-7H2,1-3H3,(H,12,15). The fourth-order valence-electron chi connectivity index (χ4n) is 1.29. The molecule has 1 aliphatic heterocycles. The van der Waals surface area contributed by atoms with Crippen LogP contribution in [0.2, 0.25) is 0 Å². The van der Waals surface area contributed by atoms with Crippen LogP contribution in [-0.4, -0.2) is 42.2 Å². The molecule has 96 valence electrons. The van der Waals surface area contributed by atoms with Gasteiger partial charge in [0.05, 0.1) is 0 Å². The molecular weight excluding hydrogens is 222 g/mol. The lowest BCUT2D eigenvalue weighted by Gasteiger charge is -2.18. The van der Waals surface area contributed by atoms with E-state index >= 15 is 0 Å². The predicted octanol–water partition coefficient (Wildman–Crippen LogP) is 1.12. The van der Waals surface area contributed by atoms with Crippen LogP contribution in [0, 0.1) is 0 Å². The van der Waals surface area contributed by atoms with Crippen LogP contribution < -0.4 is 5.32 Å². The quantitative estimate of drug-likeness (QED) is 0.581. The summed E-state index contributed by atoms with van der Waals surface area (Å²) in [4.78, 5) is 29.1. The Morgan fingerprint density at radius 2 is 2.18 bits per heavy atom. The van der Waals surface area contributed by atoms with Gasteiger partial charge in [0.1, 0.15) is 5.71 Å². The Morgan fingerprint density at radius 1 is 1.47 bits per heavy atom. The first kappa shape index (κ1) is 13.5. The van der Waals surface area contributed by atoms with Gasteiger partial charge in [0.2, 0.25) is 0 Å². The van der Waals surface area contributed by atoms with Crippen molar-refractivity contribution >= 4 is 17.7 Å². The molecule has 0 saturated carbocycles. The van der Waals surface area contributed by atoms with E-state index in [-0.39, 0.29) is 17.7 Å². The summed E-state index contributed by atoms with van der Waals surface area (Å²) in [5.74, 6) is -0.248. The SMILES string of the molecule is CC(C)N(C)C(=O)ON=C1CCCCNC1=O. The molecule has 1 aliphatic rings. The maximum absolute atomic E-state index is 11.5. The monoisotopic (exact) mass is 241 g/mol. The van der Waals surface area contributed by atoms with E-state index < -0.39 is 6.09 Å². The lowest BCUT2D eigenvalue weighted by Crippen LogP contribution is -2.34. The van der Waals surface area contributed by atoms with E-state index in [1.165, 1.54) is 4.90 Å². The van der Waals surface area contributed by atoms with Crippen molar-refractivity contribution in [2.45, 2.75) is 39.2 Å². The number of carbonyl (C=O) groups excluding carboxylic acids is 2. The maximum atomic E-state index is 11.5. The molecule has 17 heavy (non-hydrogen) atoms. The second kappa shape index (κ2) is 6.22. The zero-order chi connectivity index (χ0) is 12.8. The van der Waals surface area contributed by atoms with Gasteiger partial charge in [-0.1, -0.05) is 5.16 Å². The third-order valence-electron chi connectivity index (χ3n) is 2.68. The highest BCUT2D eigenvalue weighted by molar-refractivity contribution is 6.38. The molecule has 0 aromatic heterocycles. The second-order valence-electron chi connectivity index (χ2n) is 4.31. The van der Waals surface area contributed by atoms with Crippen LogP contribution in [-0.2, 0) is 9.63 Å². The van der Waals surface area contributed by atoms with E-state index in [0.717, 1.165) is 12.8 Å². The number of amides is 2. The zero-order valence-electron chi connectivity index (χ0n) is 10.5. The van der Waals surface area contributed by atoms with E-state index in [4.69, 9.17) is 4.84 Å². The Hall–Kier alpha value is -1.59. The molecule has 0 aromatic carbocycles. The molecule has 2 amide bonds. The van der Waals surface area contributed by atoms with Gasteiger partial charge >= 0.3 is 6.09 Å². The summed E-state index contributed by atoms with van der Waals surface area (Å²) in [6.07, 6.45) is 1.79. The van der Waals surface area contributed by atoms with Crippen molar-refractivity contribution in [2.24, 2.45) is 5.16 Å². The molecule has 0 atom stereocenters. The average Bonchev–Trinajstić information content (AvgIpc) is 2.49. The van der Waals surface area contributed by atoms with Crippen molar-refractivity contribution in [1.82, 2.24) is 10.2 Å². The Bertz CT molecular complexity index is 326. The van der Waals surface area contributed by atoms with Gasteiger partial charge in [-0.3, -0.25) is 9.63 Å². The number of oxime groups is 1. The molecule has 0 spiro atoms. The molecule has 1 heterocycles. The van der Waals surface area contributed by atoms with Gasteiger partial charge in [-0.25, -0.2) is 4.79 Å². The van der Waals surface area contributed by atoms with Crippen LogP contribution in [0.25, 0.3) is 0 Å². The summed E-state index contributed by atoms with van der Waals surface area (Å²) in [6, 6.07) is 0.0330. The largest absolute Gasteiger partial charge is 0.435 e. The van der Waals surface area contributed by atoms with E-state index in [0.29, 0.717) is 13.0 Å². The molecular formula is C11H19N3O3. The van der Waals surface area contributed by atoms with Crippen LogP contribution in [0.3, 0.4) is 0 Å². The van der Waals surface area contributed by atoms with Gasteiger partial charge in [-0.15, -0.1) is 0 Å². The first-order chi connectivity index (χ1) is 8.02. The van der Waals surface area contributed by atoms with Crippen LogP contribution in [0.5, 0.6) is 0 Å². The molecule has 0 unspecified atom stereocenters. The molecule has 1 fully saturated rings. The Labute approximate surface area is 101 Å². The second-order valence-corrected chi connectivity index (χ2v) is 4.31. The molecule has 0 radical (unpaired) electrons. The van der Waals surface area contributed by atoms with Gasteiger partial charge < -0.3 is 10.2 Å². The molecule has 0 aliphatic carbocycles. The molecule has 0 aromatic rings. The van der Waals surface area contributed by atoms with Gasteiger partial charge in [-0.05, 0) is 33.1 Å². The van der Waals surface area contributed by atoms with Crippen molar-refractivity contribution in [3.63, 3.8) is 0 Å². The first-order valence-electron chi connectivity index (χ1n) is 5.81. The highest BCUT2D eigenvalue weighted by Crippen LogP contribution is 2.04. The number of nitrogens with one attached hydrogen (secondary N) is 1. The highest BCUT2D eigenvalue weighted by atomic mass is 16.7. The van der Waals surface area contributed by atoms with Gasteiger partial charge in [-0.2, -0.15) is 0 Å². The van der Waals surface area contributed by atoms with Crippen LogP contribution in [0.1, 0.15) is 33.1 Å². The Kier molecular flexibility index (Phi) is 4.93. The maximum Gasteiger partial charge on any atom is 0.435 e. The number of hydrogen-bond donors (Lipinski definition) is 1.